The van der Waals surface area contributed by atoms with E-state index in [0.29, 0.717) is 16.9 Å². The molecule has 172 valence electrons. The van der Waals surface area contributed by atoms with Gasteiger partial charge in [0.05, 0.1) is 22.8 Å². The Morgan fingerprint density at radius 3 is 2.66 bits per heavy atom. The maximum Gasteiger partial charge on any atom is 0.253 e. The lowest BCUT2D eigenvalue weighted by Crippen LogP contribution is -2.26. The van der Waals surface area contributed by atoms with Crippen molar-refractivity contribution in [2.45, 2.75) is 11.5 Å². The topological polar surface area (TPSA) is 92.4 Å². The molecular weight excluding hydrogens is 445 g/mol. The van der Waals surface area contributed by atoms with Crippen LogP contribution in [0.15, 0.2) is 85.5 Å². The lowest BCUT2D eigenvalue weighted by atomic mass is 9.89. The standard InChI is InChI=1S/C27H20FN5O2/c1-29-25(35)24(34)20-6-4-16(12-21(20)28)18-13-31-26-32-14-23(33(26)15-18)27(8-9-27)19-5-7-22-17(11-19)3-2-10-30-22/h2-15,24,34H,1H3,(H,29,35). The van der Waals surface area contributed by atoms with Gasteiger partial charge < -0.3 is 10.4 Å². The molecule has 1 aliphatic rings. The van der Waals surface area contributed by atoms with E-state index in [9.17, 15) is 14.3 Å². The molecule has 2 N–H and O–H groups in total. The molecule has 0 spiro atoms. The van der Waals surface area contributed by atoms with Crippen LogP contribution < -0.4 is 5.32 Å². The lowest BCUT2D eigenvalue weighted by molar-refractivity contribution is -0.129. The number of aliphatic hydroxyl groups excluding tert-OH is 1. The molecule has 1 aliphatic carbocycles. The molecule has 5 aromatic rings. The minimum Gasteiger partial charge on any atom is -0.378 e. The third-order valence-corrected chi connectivity index (χ3v) is 6.49. The Hall–Kier alpha value is -4.43. The Morgan fingerprint density at radius 1 is 1.06 bits per heavy atom. The molecule has 3 aromatic heterocycles. The summed E-state index contributed by atoms with van der Waals surface area (Å²) in [4.78, 5) is 25.1. The summed E-state index contributed by atoms with van der Waals surface area (Å²) in [5.41, 5.74) is 3.71. The van der Waals surface area contributed by atoms with Crippen molar-refractivity contribution in [1.29, 1.82) is 0 Å². The second-order valence-corrected chi connectivity index (χ2v) is 8.52. The first-order valence-electron chi connectivity index (χ1n) is 11.1. The van der Waals surface area contributed by atoms with E-state index in [1.54, 1.807) is 18.5 Å². The number of imidazole rings is 1. The highest BCUT2D eigenvalue weighted by molar-refractivity contribution is 5.82. The summed E-state index contributed by atoms with van der Waals surface area (Å²) in [5.74, 6) is -0.810. The van der Waals surface area contributed by atoms with E-state index in [1.807, 2.05) is 35.0 Å². The number of likely N-dealkylation sites (N-methyl/N-ethyl adjacent to an activating group) is 1. The van der Waals surface area contributed by atoms with Gasteiger partial charge in [0.2, 0.25) is 5.78 Å². The van der Waals surface area contributed by atoms with E-state index in [1.165, 1.54) is 19.2 Å². The summed E-state index contributed by atoms with van der Waals surface area (Å²) >= 11 is 0. The summed E-state index contributed by atoms with van der Waals surface area (Å²) in [6, 6.07) is 14.5. The number of amides is 1. The molecule has 3 heterocycles. The monoisotopic (exact) mass is 465 g/mol. The Balaban J connectivity index is 1.40. The fourth-order valence-corrected chi connectivity index (χ4v) is 4.46. The molecule has 0 radical (unpaired) electrons. The van der Waals surface area contributed by atoms with E-state index >= 15 is 0 Å². The van der Waals surface area contributed by atoms with Gasteiger partial charge in [-0.1, -0.05) is 36.4 Å². The van der Waals surface area contributed by atoms with Gasteiger partial charge in [-0.15, -0.1) is 0 Å². The summed E-state index contributed by atoms with van der Waals surface area (Å²) in [6.45, 7) is 0. The van der Waals surface area contributed by atoms with Gasteiger partial charge in [-0.3, -0.25) is 14.2 Å². The van der Waals surface area contributed by atoms with Crippen molar-refractivity contribution in [3.8, 4) is 11.1 Å². The number of allylic oxidation sites excluding steroid dienone is 2. The van der Waals surface area contributed by atoms with Crippen LogP contribution >= 0.6 is 0 Å². The minimum atomic E-state index is -1.58. The van der Waals surface area contributed by atoms with Crippen LogP contribution in [0.1, 0.15) is 22.9 Å². The highest BCUT2D eigenvalue weighted by Crippen LogP contribution is 2.45. The number of aliphatic hydroxyl groups is 1. The molecule has 7 nitrogen and oxygen atoms in total. The van der Waals surface area contributed by atoms with Crippen LogP contribution in [0.3, 0.4) is 0 Å². The zero-order valence-electron chi connectivity index (χ0n) is 18.7. The Kier molecular flexibility index (Phi) is 4.72. The first kappa shape index (κ1) is 21.1. The van der Waals surface area contributed by atoms with Crippen LogP contribution in [-0.4, -0.2) is 37.4 Å². The Labute approximate surface area is 199 Å². The summed E-state index contributed by atoms with van der Waals surface area (Å²) in [5, 5.41) is 13.4. The minimum absolute atomic E-state index is 0.0858. The van der Waals surface area contributed by atoms with Crippen LogP contribution in [0.25, 0.3) is 27.8 Å². The van der Waals surface area contributed by atoms with Crippen LogP contribution in [0.4, 0.5) is 4.39 Å². The molecule has 0 saturated carbocycles. The van der Waals surface area contributed by atoms with E-state index in [-0.39, 0.29) is 5.56 Å². The summed E-state index contributed by atoms with van der Waals surface area (Å²) < 4.78 is 16.7. The summed E-state index contributed by atoms with van der Waals surface area (Å²) in [6.07, 6.45) is 9.75. The van der Waals surface area contributed by atoms with Gasteiger partial charge in [0, 0.05) is 42.2 Å². The predicted octanol–water partition coefficient (Wildman–Crippen LogP) is 3.72. The molecular formula is C27H20FN5O2. The molecule has 1 unspecified atom stereocenters. The van der Waals surface area contributed by atoms with Crippen molar-refractivity contribution >= 4 is 22.6 Å². The summed E-state index contributed by atoms with van der Waals surface area (Å²) in [7, 11) is 1.39. The number of nitrogens with zero attached hydrogens (tertiary/aromatic N) is 4. The van der Waals surface area contributed by atoms with Crippen molar-refractivity contribution in [2.75, 3.05) is 7.05 Å². The van der Waals surface area contributed by atoms with E-state index in [0.717, 1.165) is 22.2 Å². The number of carbonyl (C=O) groups is 1. The molecule has 6 rings (SSSR count). The second-order valence-electron chi connectivity index (χ2n) is 8.52. The fraction of sp³-hybridized carbons (Fsp3) is 0.111. The molecule has 1 atom stereocenters. The van der Waals surface area contributed by atoms with Crippen LogP contribution in [0, 0.1) is 5.82 Å². The van der Waals surface area contributed by atoms with Gasteiger partial charge >= 0.3 is 0 Å². The van der Waals surface area contributed by atoms with E-state index in [4.69, 9.17) is 0 Å². The first-order chi connectivity index (χ1) is 17.0. The van der Waals surface area contributed by atoms with Crippen molar-refractivity contribution in [1.82, 2.24) is 24.7 Å². The lowest BCUT2D eigenvalue weighted by Gasteiger charge is -2.17. The zero-order valence-corrected chi connectivity index (χ0v) is 18.7. The number of hydrogen-bond acceptors (Lipinski definition) is 5. The Bertz CT molecular complexity index is 1650. The van der Waals surface area contributed by atoms with Crippen molar-refractivity contribution < 1.29 is 14.3 Å². The van der Waals surface area contributed by atoms with Gasteiger partial charge in [-0.2, -0.15) is 0 Å². The van der Waals surface area contributed by atoms with E-state index < -0.39 is 23.2 Å². The van der Waals surface area contributed by atoms with Crippen LogP contribution in [-0.2, 0) is 10.2 Å². The third-order valence-electron chi connectivity index (χ3n) is 6.49. The molecule has 35 heavy (non-hydrogen) atoms. The number of pyridine rings is 1. The highest BCUT2D eigenvalue weighted by Gasteiger charge is 2.41. The second kappa shape index (κ2) is 7.82. The van der Waals surface area contributed by atoms with Gasteiger partial charge in [0.1, 0.15) is 5.82 Å². The first-order valence-corrected chi connectivity index (χ1v) is 11.1. The van der Waals surface area contributed by atoms with Crippen molar-refractivity contribution in [3.63, 3.8) is 0 Å². The number of benzene rings is 2. The SMILES string of the molecule is CNC(=O)C(O)c1ccc(-c2cnc3ncc(C4(c5ccc6ncccc6c5)C=C4)n3c2)cc1F. The average Bonchev–Trinajstić information content (AvgIpc) is 3.59. The molecule has 0 saturated heterocycles. The quantitative estimate of drug-likeness (QED) is 0.386. The smallest absolute Gasteiger partial charge is 0.253 e. The van der Waals surface area contributed by atoms with Gasteiger partial charge in [0.25, 0.3) is 5.91 Å². The molecule has 0 fully saturated rings. The number of halogens is 1. The average molecular weight is 465 g/mol. The fourth-order valence-electron chi connectivity index (χ4n) is 4.46. The zero-order chi connectivity index (χ0) is 24.2. The molecule has 2 aromatic carbocycles. The normalized spacial score (nSPS) is 14.8. The predicted molar refractivity (Wildman–Crippen MR) is 129 cm³/mol. The van der Waals surface area contributed by atoms with Gasteiger partial charge in [0.15, 0.2) is 6.10 Å². The molecule has 8 heteroatoms. The number of aromatic nitrogens is 4. The van der Waals surface area contributed by atoms with Crippen molar-refractivity contribution in [2.24, 2.45) is 0 Å². The Morgan fingerprint density at radius 2 is 1.89 bits per heavy atom. The van der Waals surface area contributed by atoms with Gasteiger partial charge in [-0.25, -0.2) is 14.4 Å². The van der Waals surface area contributed by atoms with Crippen molar-refractivity contribution in [3.05, 3.63) is 108 Å². The highest BCUT2D eigenvalue weighted by atomic mass is 19.1. The largest absolute Gasteiger partial charge is 0.378 e. The third kappa shape index (κ3) is 3.38. The van der Waals surface area contributed by atoms with Gasteiger partial charge in [-0.05, 0) is 35.4 Å². The maximum atomic E-state index is 14.8. The van der Waals surface area contributed by atoms with Crippen LogP contribution in [0.2, 0.25) is 0 Å². The number of nitrogens with one attached hydrogen (secondary N) is 1. The number of fused-ring (bicyclic) bond motifs is 2. The van der Waals surface area contributed by atoms with Crippen LogP contribution in [0.5, 0.6) is 0 Å². The van der Waals surface area contributed by atoms with E-state index in [2.05, 4.69) is 44.6 Å². The molecule has 0 aliphatic heterocycles. The molecule has 0 bridgehead atoms. The number of rotatable bonds is 5. The molecule has 1 amide bonds. The maximum absolute atomic E-state index is 14.8. The number of hydrogen-bond donors (Lipinski definition) is 2. The number of carbonyl (C=O) groups excluding carboxylic acids is 1.